The van der Waals surface area contributed by atoms with Crippen molar-refractivity contribution in [3.8, 4) is 0 Å². The quantitative estimate of drug-likeness (QED) is 0.703. The lowest BCUT2D eigenvalue weighted by Crippen LogP contribution is -2.46. The van der Waals surface area contributed by atoms with Crippen molar-refractivity contribution >= 4 is 5.97 Å². The van der Waals surface area contributed by atoms with E-state index >= 15 is 0 Å². The number of nitrogens with one attached hydrogen (secondary N) is 1. The Bertz CT molecular complexity index is 244. The highest BCUT2D eigenvalue weighted by Gasteiger charge is 2.41. The molecule has 4 nitrogen and oxygen atoms in total. The SMILES string of the molecule is CCOC(=O)C(C)NC1CC2CCC1O2. The molecule has 2 heterocycles. The standard InChI is InChI=1S/C11H19NO3/c1-3-14-11(13)7(2)12-9-6-8-4-5-10(9)15-8/h7-10,12H,3-6H2,1-2H3. The molecule has 0 amide bonds. The Morgan fingerprint density at radius 1 is 1.60 bits per heavy atom. The number of ether oxygens (including phenoxy) is 2. The summed E-state index contributed by atoms with van der Waals surface area (Å²) in [6.07, 6.45) is 4.07. The second-order valence-electron chi connectivity index (χ2n) is 4.36. The van der Waals surface area contributed by atoms with E-state index in [1.54, 1.807) is 0 Å². The predicted molar refractivity (Wildman–Crippen MR) is 55.5 cm³/mol. The molecule has 2 aliphatic rings. The first-order valence-electron chi connectivity index (χ1n) is 5.79. The predicted octanol–water partition coefficient (Wildman–Crippen LogP) is 0.847. The summed E-state index contributed by atoms with van der Waals surface area (Å²) < 4.78 is 10.7. The summed E-state index contributed by atoms with van der Waals surface area (Å²) in [6.45, 7) is 4.12. The fourth-order valence-electron chi connectivity index (χ4n) is 2.47. The van der Waals surface area contributed by atoms with E-state index in [-0.39, 0.29) is 12.0 Å². The Morgan fingerprint density at radius 2 is 2.40 bits per heavy atom. The molecule has 0 aromatic heterocycles. The van der Waals surface area contributed by atoms with Crippen LogP contribution in [0.15, 0.2) is 0 Å². The van der Waals surface area contributed by atoms with Gasteiger partial charge in [0.15, 0.2) is 0 Å². The Balaban J connectivity index is 1.79. The highest BCUT2D eigenvalue weighted by molar-refractivity contribution is 5.75. The highest BCUT2D eigenvalue weighted by Crippen LogP contribution is 2.34. The van der Waals surface area contributed by atoms with Crippen molar-refractivity contribution in [3.63, 3.8) is 0 Å². The molecule has 4 unspecified atom stereocenters. The molecular weight excluding hydrogens is 194 g/mol. The molecule has 0 saturated carbocycles. The van der Waals surface area contributed by atoms with Crippen LogP contribution in [0.2, 0.25) is 0 Å². The molecule has 86 valence electrons. The van der Waals surface area contributed by atoms with Crippen LogP contribution in [0.1, 0.15) is 33.1 Å². The number of fused-ring (bicyclic) bond motifs is 2. The molecule has 0 radical (unpaired) electrons. The van der Waals surface area contributed by atoms with Crippen LogP contribution in [0.3, 0.4) is 0 Å². The maximum Gasteiger partial charge on any atom is 0.322 e. The van der Waals surface area contributed by atoms with Crippen LogP contribution in [0.5, 0.6) is 0 Å². The van der Waals surface area contributed by atoms with Gasteiger partial charge >= 0.3 is 5.97 Å². The third-order valence-electron chi connectivity index (χ3n) is 3.21. The largest absolute Gasteiger partial charge is 0.465 e. The van der Waals surface area contributed by atoms with Crippen LogP contribution in [-0.4, -0.2) is 36.9 Å². The summed E-state index contributed by atoms with van der Waals surface area (Å²) >= 11 is 0. The minimum atomic E-state index is -0.224. The van der Waals surface area contributed by atoms with Crippen molar-refractivity contribution in [1.82, 2.24) is 5.32 Å². The third kappa shape index (κ3) is 2.32. The van der Waals surface area contributed by atoms with E-state index in [1.807, 2.05) is 13.8 Å². The molecule has 2 aliphatic heterocycles. The summed E-state index contributed by atoms with van der Waals surface area (Å²) in [5.41, 5.74) is 0. The van der Waals surface area contributed by atoms with E-state index < -0.39 is 0 Å². The van der Waals surface area contributed by atoms with E-state index in [9.17, 15) is 4.79 Å². The van der Waals surface area contributed by atoms with Crippen molar-refractivity contribution < 1.29 is 14.3 Å². The third-order valence-corrected chi connectivity index (χ3v) is 3.21. The van der Waals surface area contributed by atoms with Crippen LogP contribution in [0.4, 0.5) is 0 Å². The lowest BCUT2D eigenvalue weighted by molar-refractivity contribution is -0.145. The molecule has 15 heavy (non-hydrogen) atoms. The van der Waals surface area contributed by atoms with Crippen LogP contribution < -0.4 is 5.32 Å². The Morgan fingerprint density at radius 3 is 2.93 bits per heavy atom. The van der Waals surface area contributed by atoms with E-state index in [0.717, 1.165) is 12.8 Å². The van der Waals surface area contributed by atoms with Crippen LogP contribution in [0.25, 0.3) is 0 Å². The molecule has 2 rings (SSSR count). The van der Waals surface area contributed by atoms with Gasteiger partial charge in [0.05, 0.1) is 18.8 Å². The Kier molecular flexibility index (Phi) is 3.26. The van der Waals surface area contributed by atoms with Crippen molar-refractivity contribution in [2.45, 2.75) is 57.4 Å². The zero-order valence-corrected chi connectivity index (χ0v) is 9.36. The highest BCUT2D eigenvalue weighted by atomic mass is 16.5. The first kappa shape index (κ1) is 10.9. The lowest BCUT2D eigenvalue weighted by Gasteiger charge is -2.23. The van der Waals surface area contributed by atoms with Crippen LogP contribution in [0, 0.1) is 0 Å². The van der Waals surface area contributed by atoms with Gasteiger partial charge in [-0.05, 0) is 33.1 Å². The van der Waals surface area contributed by atoms with Gasteiger partial charge in [0.1, 0.15) is 6.04 Å². The van der Waals surface area contributed by atoms with Gasteiger partial charge in [-0.15, -0.1) is 0 Å². The van der Waals surface area contributed by atoms with Gasteiger partial charge in [0.2, 0.25) is 0 Å². The Hall–Kier alpha value is -0.610. The Labute approximate surface area is 90.3 Å². The van der Waals surface area contributed by atoms with E-state index in [0.29, 0.717) is 24.9 Å². The second kappa shape index (κ2) is 4.49. The summed E-state index contributed by atoms with van der Waals surface area (Å²) in [7, 11) is 0. The normalized spacial score (nSPS) is 35.5. The number of esters is 1. The number of carbonyl (C=O) groups is 1. The van der Waals surface area contributed by atoms with E-state index in [1.165, 1.54) is 6.42 Å². The van der Waals surface area contributed by atoms with Gasteiger partial charge in [-0.2, -0.15) is 0 Å². The van der Waals surface area contributed by atoms with E-state index in [4.69, 9.17) is 9.47 Å². The second-order valence-corrected chi connectivity index (χ2v) is 4.36. The summed E-state index contributed by atoms with van der Waals surface area (Å²) in [5, 5.41) is 3.30. The van der Waals surface area contributed by atoms with Gasteiger partial charge in [0, 0.05) is 6.04 Å². The van der Waals surface area contributed by atoms with Crippen molar-refractivity contribution in [3.05, 3.63) is 0 Å². The topological polar surface area (TPSA) is 47.6 Å². The fourth-order valence-corrected chi connectivity index (χ4v) is 2.47. The zero-order valence-electron chi connectivity index (χ0n) is 9.36. The van der Waals surface area contributed by atoms with Crippen LogP contribution >= 0.6 is 0 Å². The first-order chi connectivity index (χ1) is 7.20. The average Bonchev–Trinajstić information content (AvgIpc) is 2.79. The number of hydrogen-bond acceptors (Lipinski definition) is 4. The fraction of sp³-hybridized carbons (Fsp3) is 0.909. The molecular formula is C11H19NO3. The maximum absolute atomic E-state index is 11.4. The maximum atomic E-state index is 11.4. The number of carbonyl (C=O) groups excluding carboxylic acids is 1. The molecule has 1 N–H and O–H groups in total. The summed E-state index contributed by atoms with van der Waals surface area (Å²) in [5.74, 6) is -0.166. The smallest absolute Gasteiger partial charge is 0.322 e. The molecule has 2 saturated heterocycles. The monoisotopic (exact) mass is 213 g/mol. The lowest BCUT2D eigenvalue weighted by atomic mass is 9.95. The van der Waals surface area contributed by atoms with Crippen molar-refractivity contribution in [2.75, 3.05) is 6.61 Å². The molecule has 2 fully saturated rings. The molecule has 0 aromatic carbocycles. The van der Waals surface area contributed by atoms with Gasteiger partial charge in [-0.1, -0.05) is 0 Å². The van der Waals surface area contributed by atoms with Gasteiger partial charge in [-0.25, -0.2) is 0 Å². The van der Waals surface area contributed by atoms with Crippen molar-refractivity contribution in [1.29, 1.82) is 0 Å². The van der Waals surface area contributed by atoms with Gasteiger partial charge in [0.25, 0.3) is 0 Å². The first-order valence-corrected chi connectivity index (χ1v) is 5.79. The molecule has 0 aliphatic carbocycles. The molecule has 0 aromatic rings. The minimum Gasteiger partial charge on any atom is -0.465 e. The molecule has 4 atom stereocenters. The molecule has 2 bridgehead atoms. The van der Waals surface area contributed by atoms with Gasteiger partial charge in [-0.3, -0.25) is 10.1 Å². The van der Waals surface area contributed by atoms with Crippen LogP contribution in [-0.2, 0) is 14.3 Å². The summed E-state index contributed by atoms with van der Waals surface area (Å²) in [4.78, 5) is 11.4. The minimum absolute atomic E-state index is 0.166. The number of hydrogen-bond donors (Lipinski definition) is 1. The average molecular weight is 213 g/mol. The zero-order chi connectivity index (χ0) is 10.8. The summed E-state index contributed by atoms with van der Waals surface area (Å²) in [6, 6.07) is 0.112. The van der Waals surface area contributed by atoms with Gasteiger partial charge < -0.3 is 9.47 Å². The number of rotatable bonds is 4. The van der Waals surface area contributed by atoms with E-state index in [2.05, 4.69) is 5.32 Å². The van der Waals surface area contributed by atoms with Crippen molar-refractivity contribution in [2.24, 2.45) is 0 Å². The molecule has 4 heteroatoms. The molecule has 0 spiro atoms.